The van der Waals surface area contributed by atoms with Crippen molar-refractivity contribution in [2.24, 2.45) is 5.84 Å². The van der Waals surface area contributed by atoms with Crippen molar-refractivity contribution in [3.63, 3.8) is 0 Å². The van der Waals surface area contributed by atoms with Crippen molar-refractivity contribution in [3.05, 3.63) is 47.8 Å². The van der Waals surface area contributed by atoms with Crippen molar-refractivity contribution < 1.29 is 9.53 Å². The predicted octanol–water partition coefficient (Wildman–Crippen LogP) is 1.96. The number of nitrogens with two attached hydrogens (primary N) is 1. The number of anilines is 2. The van der Waals surface area contributed by atoms with Crippen molar-refractivity contribution in [1.29, 1.82) is 0 Å². The first kappa shape index (κ1) is 14.8. The first-order valence-corrected chi connectivity index (χ1v) is 6.42. The number of nitrogen functional groups attached to an aromatic ring is 1. The van der Waals surface area contributed by atoms with Crippen LogP contribution in [0.2, 0.25) is 0 Å². The third kappa shape index (κ3) is 3.11. The van der Waals surface area contributed by atoms with Gasteiger partial charge in [-0.3, -0.25) is 15.6 Å². The van der Waals surface area contributed by atoms with Crippen molar-refractivity contribution in [1.82, 2.24) is 4.98 Å². The van der Waals surface area contributed by atoms with Gasteiger partial charge in [-0.25, -0.2) is 0 Å². The van der Waals surface area contributed by atoms with Crippen LogP contribution < -0.4 is 20.9 Å². The first-order valence-electron chi connectivity index (χ1n) is 6.42. The highest BCUT2D eigenvalue weighted by Crippen LogP contribution is 2.22. The van der Waals surface area contributed by atoms with Crippen LogP contribution >= 0.6 is 0 Å². The molecule has 6 nitrogen and oxygen atoms in total. The molecule has 0 spiro atoms. The second-order valence-corrected chi connectivity index (χ2v) is 4.58. The quantitative estimate of drug-likeness (QED) is 0.663. The number of hydrazine groups is 1. The fraction of sp³-hybridized carbons (Fsp3) is 0.200. The van der Waals surface area contributed by atoms with Gasteiger partial charge in [0.1, 0.15) is 5.75 Å². The molecule has 0 fully saturated rings. The van der Waals surface area contributed by atoms with E-state index in [2.05, 4.69) is 10.4 Å². The average Bonchev–Trinajstić information content (AvgIpc) is 2.53. The van der Waals surface area contributed by atoms with Gasteiger partial charge in [0, 0.05) is 24.6 Å². The van der Waals surface area contributed by atoms with Crippen LogP contribution in [0.15, 0.2) is 36.5 Å². The number of aromatic nitrogens is 1. The molecule has 3 N–H and O–H groups in total. The summed E-state index contributed by atoms with van der Waals surface area (Å²) >= 11 is 0. The van der Waals surface area contributed by atoms with Gasteiger partial charge < -0.3 is 15.1 Å². The molecular formula is C15H18N4O2. The number of rotatable bonds is 4. The van der Waals surface area contributed by atoms with Gasteiger partial charge in [-0.2, -0.15) is 0 Å². The number of carbonyl (C=O) groups is 1. The number of pyridine rings is 1. The normalized spacial score (nSPS) is 10.1. The molecule has 2 aromatic rings. The number of aryl methyl sites for hydroxylation is 1. The Labute approximate surface area is 123 Å². The van der Waals surface area contributed by atoms with Gasteiger partial charge in [0.2, 0.25) is 0 Å². The maximum absolute atomic E-state index is 12.5. The summed E-state index contributed by atoms with van der Waals surface area (Å²) < 4.78 is 5.10. The molecule has 6 heteroatoms. The Kier molecular flexibility index (Phi) is 4.39. The lowest BCUT2D eigenvalue weighted by Crippen LogP contribution is -2.28. The van der Waals surface area contributed by atoms with Crippen molar-refractivity contribution >= 4 is 17.3 Å². The summed E-state index contributed by atoms with van der Waals surface area (Å²) in [6.07, 6.45) is 1.52. The molecular weight excluding hydrogens is 268 g/mol. The molecule has 0 aliphatic rings. The van der Waals surface area contributed by atoms with Gasteiger partial charge in [-0.1, -0.05) is 0 Å². The summed E-state index contributed by atoms with van der Waals surface area (Å²) in [4.78, 5) is 18.2. The number of hydrogen-bond acceptors (Lipinski definition) is 5. The van der Waals surface area contributed by atoms with E-state index in [1.165, 1.54) is 11.1 Å². The van der Waals surface area contributed by atoms with Crippen LogP contribution in [-0.2, 0) is 0 Å². The number of ether oxygens (including phenoxy) is 1. The Morgan fingerprint density at radius 2 is 2.00 bits per heavy atom. The van der Waals surface area contributed by atoms with E-state index in [4.69, 9.17) is 10.6 Å². The van der Waals surface area contributed by atoms with Crippen LogP contribution in [0.3, 0.4) is 0 Å². The molecule has 1 aromatic heterocycles. The SMILES string of the molecule is COc1ccc(N(C)C(=O)c2cnc(C)cc2NN)cc1. The average molecular weight is 286 g/mol. The molecule has 0 aliphatic carbocycles. The zero-order valence-corrected chi connectivity index (χ0v) is 12.3. The molecule has 1 aromatic carbocycles. The molecule has 2 rings (SSSR count). The Morgan fingerprint density at radius 3 is 2.57 bits per heavy atom. The minimum absolute atomic E-state index is 0.194. The van der Waals surface area contributed by atoms with Crippen LogP contribution in [0.4, 0.5) is 11.4 Å². The fourth-order valence-corrected chi connectivity index (χ4v) is 1.95. The van der Waals surface area contributed by atoms with Crippen LogP contribution in [-0.4, -0.2) is 25.0 Å². The molecule has 110 valence electrons. The van der Waals surface area contributed by atoms with E-state index >= 15 is 0 Å². The number of hydrogen-bond donors (Lipinski definition) is 2. The second-order valence-electron chi connectivity index (χ2n) is 4.58. The molecule has 0 radical (unpaired) electrons. The summed E-state index contributed by atoms with van der Waals surface area (Å²) in [7, 11) is 3.30. The van der Waals surface area contributed by atoms with E-state index in [1.54, 1.807) is 32.4 Å². The molecule has 0 saturated carbocycles. The highest BCUT2D eigenvalue weighted by atomic mass is 16.5. The minimum Gasteiger partial charge on any atom is -0.497 e. The van der Waals surface area contributed by atoms with Gasteiger partial charge in [-0.15, -0.1) is 0 Å². The third-order valence-electron chi connectivity index (χ3n) is 3.19. The van der Waals surface area contributed by atoms with Crippen LogP contribution in [0, 0.1) is 6.92 Å². The van der Waals surface area contributed by atoms with Crippen LogP contribution in [0.25, 0.3) is 0 Å². The molecule has 21 heavy (non-hydrogen) atoms. The predicted molar refractivity (Wildman–Crippen MR) is 82.5 cm³/mol. The molecule has 1 amide bonds. The lowest BCUT2D eigenvalue weighted by atomic mass is 10.1. The van der Waals surface area contributed by atoms with Gasteiger partial charge in [0.15, 0.2) is 0 Å². The number of benzene rings is 1. The fourth-order valence-electron chi connectivity index (χ4n) is 1.95. The highest BCUT2D eigenvalue weighted by molar-refractivity contribution is 6.09. The summed E-state index contributed by atoms with van der Waals surface area (Å²) in [6, 6.07) is 8.96. The Balaban J connectivity index is 2.30. The molecule has 0 aliphatic heterocycles. The van der Waals surface area contributed by atoms with E-state index < -0.39 is 0 Å². The molecule has 0 unspecified atom stereocenters. The third-order valence-corrected chi connectivity index (χ3v) is 3.19. The number of nitrogens with zero attached hydrogens (tertiary/aromatic N) is 2. The zero-order valence-electron chi connectivity index (χ0n) is 12.3. The van der Waals surface area contributed by atoms with E-state index in [-0.39, 0.29) is 5.91 Å². The summed E-state index contributed by atoms with van der Waals surface area (Å²) in [5.41, 5.74) is 5.04. The number of amides is 1. The van der Waals surface area contributed by atoms with Crippen molar-refractivity contribution in [2.75, 3.05) is 24.5 Å². The van der Waals surface area contributed by atoms with Gasteiger partial charge in [0.05, 0.1) is 18.4 Å². The highest BCUT2D eigenvalue weighted by Gasteiger charge is 2.17. The van der Waals surface area contributed by atoms with Crippen molar-refractivity contribution in [2.45, 2.75) is 6.92 Å². The number of carbonyl (C=O) groups excluding carboxylic acids is 1. The second kappa shape index (κ2) is 6.23. The van der Waals surface area contributed by atoms with Crippen LogP contribution in [0.1, 0.15) is 16.1 Å². The Hall–Kier alpha value is -2.60. The largest absolute Gasteiger partial charge is 0.497 e. The molecule has 0 bridgehead atoms. The first-order chi connectivity index (χ1) is 10.1. The molecule has 1 heterocycles. The van der Waals surface area contributed by atoms with Gasteiger partial charge in [-0.05, 0) is 37.3 Å². The minimum atomic E-state index is -0.194. The molecule has 0 saturated heterocycles. The van der Waals surface area contributed by atoms with Gasteiger partial charge >= 0.3 is 0 Å². The van der Waals surface area contributed by atoms with Crippen molar-refractivity contribution in [3.8, 4) is 5.75 Å². The Morgan fingerprint density at radius 1 is 1.33 bits per heavy atom. The van der Waals surface area contributed by atoms with E-state index in [0.29, 0.717) is 11.3 Å². The van der Waals surface area contributed by atoms with Gasteiger partial charge in [0.25, 0.3) is 5.91 Å². The number of nitrogens with one attached hydrogen (secondary N) is 1. The smallest absolute Gasteiger partial charge is 0.261 e. The topological polar surface area (TPSA) is 80.5 Å². The molecule has 0 atom stereocenters. The monoisotopic (exact) mass is 286 g/mol. The van der Waals surface area contributed by atoms with E-state index in [9.17, 15) is 4.79 Å². The lowest BCUT2D eigenvalue weighted by Gasteiger charge is -2.19. The Bertz CT molecular complexity index is 641. The zero-order chi connectivity index (χ0) is 15.4. The summed E-state index contributed by atoms with van der Waals surface area (Å²) in [5.74, 6) is 6.01. The maximum Gasteiger partial charge on any atom is 0.261 e. The summed E-state index contributed by atoms with van der Waals surface area (Å²) in [6.45, 7) is 1.84. The van der Waals surface area contributed by atoms with Crippen LogP contribution in [0.5, 0.6) is 5.75 Å². The van der Waals surface area contributed by atoms with E-state index in [0.717, 1.165) is 17.1 Å². The van der Waals surface area contributed by atoms with E-state index in [1.807, 2.05) is 19.1 Å². The maximum atomic E-state index is 12.5. The lowest BCUT2D eigenvalue weighted by molar-refractivity contribution is 0.0993. The number of methoxy groups -OCH3 is 1. The standard InChI is InChI=1S/C15H18N4O2/c1-10-8-14(18-16)13(9-17-10)15(20)19(2)11-4-6-12(21-3)7-5-11/h4-9H,16H2,1-3H3,(H,17,18). The summed E-state index contributed by atoms with van der Waals surface area (Å²) in [5, 5.41) is 0.